The average molecular weight is 286 g/mol. The second kappa shape index (κ2) is 5.49. The first-order valence-corrected chi connectivity index (χ1v) is 6.68. The standard InChI is InChI=1S/C15H18N4O2/c1-16-14-4-5-19-9-13(17-15(19)18-14)10-6-11(20-2)8-12(7-10)21-3/h4-9,14,16H,1-3H3,(H,17,18). The van der Waals surface area contributed by atoms with E-state index >= 15 is 0 Å². The summed E-state index contributed by atoms with van der Waals surface area (Å²) in [7, 11) is 5.17. The summed E-state index contributed by atoms with van der Waals surface area (Å²) in [6.45, 7) is 0. The quantitative estimate of drug-likeness (QED) is 0.900. The molecule has 0 saturated carbocycles. The van der Waals surface area contributed by atoms with Crippen LogP contribution in [0, 0.1) is 0 Å². The van der Waals surface area contributed by atoms with Gasteiger partial charge in [0.05, 0.1) is 19.9 Å². The number of hydrogen-bond acceptors (Lipinski definition) is 5. The highest BCUT2D eigenvalue weighted by Gasteiger charge is 2.15. The zero-order valence-electron chi connectivity index (χ0n) is 12.3. The number of hydrogen-bond donors (Lipinski definition) is 2. The summed E-state index contributed by atoms with van der Waals surface area (Å²) in [5.74, 6) is 2.28. The van der Waals surface area contributed by atoms with Gasteiger partial charge in [-0.25, -0.2) is 4.98 Å². The minimum absolute atomic E-state index is 0.0904. The molecule has 0 radical (unpaired) electrons. The normalized spacial score (nSPS) is 16.2. The molecule has 0 spiro atoms. The maximum absolute atomic E-state index is 5.30. The van der Waals surface area contributed by atoms with Gasteiger partial charge in [0.2, 0.25) is 5.95 Å². The van der Waals surface area contributed by atoms with Crippen LogP contribution in [0.2, 0.25) is 0 Å². The molecule has 0 bridgehead atoms. The highest BCUT2D eigenvalue weighted by molar-refractivity contribution is 5.67. The average Bonchev–Trinajstić information content (AvgIpc) is 2.97. The summed E-state index contributed by atoms with van der Waals surface area (Å²) in [5.41, 5.74) is 1.81. The predicted octanol–water partition coefficient (Wildman–Crippen LogP) is 2.01. The fourth-order valence-corrected chi connectivity index (χ4v) is 2.24. The Labute approximate surface area is 123 Å². The molecule has 2 heterocycles. The van der Waals surface area contributed by atoms with Gasteiger partial charge in [0.25, 0.3) is 0 Å². The molecule has 1 aromatic carbocycles. The Kier molecular flexibility index (Phi) is 3.53. The number of benzene rings is 1. The van der Waals surface area contributed by atoms with Crippen LogP contribution in [-0.4, -0.2) is 37.0 Å². The molecule has 21 heavy (non-hydrogen) atoms. The summed E-state index contributed by atoms with van der Waals surface area (Å²) in [5, 5.41) is 6.42. The maximum Gasteiger partial charge on any atom is 0.209 e. The monoisotopic (exact) mass is 286 g/mol. The van der Waals surface area contributed by atoms with Gasteiger partial charge in [-0.15, -0.1) is 0 Å². The molecule has 0 fully saturated rings. The number of likely N-dealkylation sites (N-methyl/N-ethyl adjacent to an activating group) is 1. The number of methoxy groups -OCH3 is 2. The molecule has 1 aliphatic rings. The molecule has 1 atom stereocenters. The zero-order chi connectivity index (χ0) is 14.8. The van der Waals surface area contributed by atoms with Crippen molar-refractivity contribution in [1.82, 2.24) is 14.9 Å². The Bertz CT molecular complexity index is 656. The third-order valence-electron chi connectivity index (χ3n) is 3.41. The largest absolute Gasteiger partial charge is 0.497 e. The third-order valence-corrected chi connectivity index (χ3v) is 3.41. The van der Waals surface area contributed by atoms with Crippen LogP contribution in [0.15, 0.2) is 30.5 Å². The Balaban J connectivity index is 1.99. The lowest BCUT2D eigenvalue weighted by molar-refractivity contribution is 0.394. The SMILES string of the molecule is CNC1C=Cn2cc(-c3cc(OC)cc(OC)c3)nc2N1. The first kappa shape index (κ1) is 13.5. The summed E-state index contributed by atoms with van der Waals surface area (Å²) >= 11 is 0. The first-order chi connectivity index (χ1) is 10.2. The summed E-state index contributed by atoms with van der Waals surface area (Å²) < 4.78 is 12.6. The number of nitrogens with zero attached hydrogens (tertiary/aromatic N) is 2. The Morgan fingerprint density at radius 3 is 2.52 bits per heavy atom. The van der Waals surface area contributed by atoms with Crippen molar-refractivity contribution in [1.29, 1.82) is 0 Å². The number of imidazole rings is 1. The lowest BCUT2D eigenvalue weighted by atomic mass is 10.1. The molecule has 2 N–H and O–H groups in total. The summed E-state index contributed by atoms with van der Waals surface area (Å²) in [6.07, 6.45) is 6.08. The van der Waals surface area contributed by atoms with E-state index in [0.717, 1.165) is 28.7 Å². The molecule has 0 aliphatic carbocycles. The zero-order valence-corrected chi connectivity index (χ0v) is 12.3. The van der Waals surface area contributed by atoms with E-state index in [9.17, 15) is 0 Å². The van der Waals surface area contributed by atoms with Gasteiger partial charge in [-0.3, -0.25) is 9.88 Å². The molecule has 6 nitrogen and oxygen atoms in total. The van der Waals surface area contributed by atoms with Crippen molar-refractivity contribution in [3.8, 4) is 22.8 Å². The van der Waals surface area contributed by atoms with Gasteiger partial charge in [-0.1, -0.05) is 0 Å². The molecule has 1 unspecified atom stereocenters. The van der Waals surface area contributed by atoms with Crippen molar-refractivity contribution in [2.45, 2.75) is 6.17 Å². The van der Waals surface area contributed by atoms with Crippen molar-refractivity contribution >= 4 is 12.1 Å². The van der Waals surface area contributed by atoms with Crippen LogP contribution in [0.3, 0.4) is 0 Å². The van der Waals surface area contributed by atoms with Gasteiger partial charge in [-0.2, -0.15) is 0 Å². The van der Waals surface area contributed by atoms with Crippen LogP contribution in [0.25, 0.3) is 17.5 Å². The van der Waals surface area contributed by atoms with E-state index < -0.39 is 0 Å². The Hall–Kier alpha value is -2.47. The van der Waals surface area contributed by atoms with E-state index in [-0.39, 0.29) is 6.17 Å². The van der Waals surface area contributed by atoms with Crippen LogP contribution in [0.4, 0.5) is 5.95 Å². The number of aromatic nitrogens is 2. The topological polar surface area (TPSA) is 60.3 Å². The van der Waals surface area contributed by atoms with Crippen molar-refractivity contribution in [3.05, 3.63) is 30.5 Å². The van der Waals surface area contributed by atoms with Crippen LogP contribution in [0.1, 0.15) is 0 Å². The van der Waals surface area contributed by atoms with E-state index in [1.807, 2.05) is 48.3 Å². The van der Waals surface area contributed by atoms with Crippen LogP contribution >= 0.6 is 0 Å². The first-order valence-electron chi connectivity index (χ1n) is 6.68. The summed E-state index contributed by atoms with van der Waals surface area (Å²) in [6, 6.07) is 5.72. The van der Waals surface area contributed by atoms with Gasteiger partial charge < -0.3 is 14.8 Å². The third kappa shape index (κ3) is 2.57. The molecule has 0 saturated heterocycles. The number of ether oxygens (including phenoxy) is 2. The molecule has 1 aromatic heterocycles. The molecule has 3 rings (SSSR count). The number of fused-ring (bicyclic) bond motifs is 1. The summed E-state index contributed by atoms with van der Waals surface area (Å²) in [4.78, 5) is 4.62. The molecule has 1 aliphatic heterocycles. The highest BCUT2D eigenvalue weighted by atomic mass is 16.5. The lowest BCUT2D eigenvalue weighted by Gasteiger charge is -2.18. The van der Waals surface area contributed by atoms with E-state index in [1.54, 1.807) is 14.2 Å². The van der Waals surface area contributed by atoms with Crippen LogP contribution < -0.4 is 20.1 Å². The van der Waals surface area contributed by atoms with E-state index in [2.05, 4.69) is 15.6 Å². The Morgan fingerprint density at radius 2 is 1.90 bits per heavy atom. The molecule has 6 heteroatoms. The van der Waals surface area contributed by atoms with Crippen molar-refractivity contribution in [2.24, 2.45) is 0 Å². The minimum Gasteiger partial charge on any atom is -0.497 e. The second-order valence-corrected chi connectivity index (χ2v) is 4.71. The Morgan fingerprint density at radius 1 is 1.19 bits per heavy atom. The maximum atomic E-state index is 5.30. The van der Waals surface area contributed by atoms with Crippen molar-refractivity contribution in [2.75, 3.05) is 26.6 Å². The van der Waals surface area contributed by atoms with Gasteiger partial charge >= 0.3 is 0 Å². The van der Waals surface area contributed by atoms with Gasteiger partial charge in [0.1, 0.15) is 17.7 Å². The smallest absolute Gasteiger partial charge is 0.209 e. The molecular formula is C15H18N4O2. The molecule has 110 valence electrons. The van der Waals surface area contributed by atoms with Gasteiger partial charge in [0, 0.05) is 24.0 Å². The molecule has 2 aromatic rings. The van der Waals surface area contributed by atoms with Crippen LogP contribution in [-0.2, 0) is 0 Å². The van der Waals surface area contributed by atoms with E-state index in [1.165, 1.54) is 0 Å². The van der Waals surface area contributed by atoms with Gasteiger partial charge in [0.15, 0.2) is 0 Å². The molecule has 0 amide bonds. The highest BCUT2D eigenvalue weighted by Crippen LogP contribution is 2.30. The van der Waals surface area contributed by atoms with Crippen LogP contribution in [0.5, 0.6) is 11.5 Å². The lowest BCUT2D eigenvalue weighted by Crippen LogP contribution is -2.34. The number of nitrogens with one attached hydrogen (secondary N) is 2. The van der Waals surface area contributed by atoms with Crippen molar-refractivity contribution < 1.29 is 9.47 Å². The predicted molar refractivity (Wildman–Crippen MR) is 82.6 cm³/mol. The molecular weight excluding hydrogens is 268 g/mol. The van der Waals surface area contributed by atoms with E-state index in [0.29, 0.717) is 0 Å². The number of rotatable bonds is 4. The fraction of sp³-hybridized carbons (Fsp3) is 0.267. The van der Waals surface area contributed by atoms with Gasteiger partial charge in [-0.05, 0) is 25.3 Å². The fourth-order valence-electron chi connectivity index (χ4n) is 2.24. The number of anilines is 1. The second-order valence-electron chi connectivity index (χ2n) is 4.71. The van der Waals surface area contributed by atoms with E-state index in [4.69, 9.17) is 9.47 Å². The van der Waals surface area contributed by atoms with Crippen molar-refractivity contribution in [3.63, 3.8) is 0 Å². The minimum atomic E-state index is 0.0904.